The monoisotopic (exact) mass is 240 g/mol. The van der Waals surface area contributed by atoms with Crippen LogP contribution in [0.2, 0.25) is 0 Å². The predicted molar refractivity (Wildman–Crippen MR) is 71.1 cm³/mol. The fourth-order valence-electron chi connectivity index (χ4n) is 3.16. The highest BCUT2D eigenvalue weighted by atomic mass is 16.3. The summed E-state index contributed by atoms with van der Waals surface area (Å²) in [5.74, 6) is 0.853. The van der Waals surface area contributed by atoms with Crippen LogP contribution in [-0.4, -0.2) is 36.4 Å². The minimum atomic E-state index is -0.427. The average Bonchev–Trinajstić information content (AvgIpc) is 2.39. The van der Waals surface area contributed by atoms with E-state index in [0.717, 1.165) is 38.4 Å². The second-order valence-corrected chi connectivity index (χ2v) is 6.00. The van der Waals surface area contributed by atoms with Crippen molar-refractivity contribution in [3.63, 3.8) is 0 Å². The minimum absolute atomic E-state index is 0.427. The molecule has 0 spiro atoms. The van der Waals surface area contributed by atoms with Crippen LogP contribution in [0.3, 0.4) is 0 Å². The molecule has 1 aliphatic carbocycles. The van der Waals surface area contributed by atoms with E-state index in [1.165, 1.54) is 32.1 Å². The Hall–Kier alpha value is -0.120. The Morgan fingerprint density at radius 3 is 2.65 bits per heavy atom. The maximum absolute atomic E-state index is 10.5. The van der Waals surface area contributed by atoms with Gasteiger partial charge in [-0.05, 0) is 51.0 Å². The lowest BCUT2D eigenvalue weighted by Gasteiger charge is -2.37. The van der Waals surface area contributed by atoms with Crippen molar-refractivity contribution in [3.05, 3.63) is 0 Å². The number of nitrogens with one attached hydrogen (secondary N) is 2. The van der Waals surface area contributed by atoms with Crippen molar-refractivity contribution in [3.8, 4) is 0 Å². The molecule has 0 bridgehead atoms. The van der Waals surface area contributed by atoms with Gasteiger partial charge in [-0.15, -0.1) is 0 Å². The third-order valence-electron chi connectivity index (χ3n) is 4.63. The van der Waals surface area contributed by atoms with Crippen LogP contribution in [0.25, 0.3) is 0 Å². The Labute approximate surface area is 105 Å². The van der Waals surface area contributed by atoms with E-state index in [1.54, 1.807) is 0 Å². The van der Waals surface area contributed by atoms with Crippen LogP contribution in [0, 0.1) is 5.92 Å². The lowest BCUT2D eigenvalue weighted by Crippen LogP contribution is -2.50. The van der Waals surface area contributed by atoms with Crippen LogP contribution in [0.15, 0.2) is 0 Å². The van der Waals surface area contributed by atoms with Crippen molar-refractivity contribution < 1.29 is 5.11 Å². The van der Waals surface area contributed by atoms with Gasteiger partial charge >= 0.3 is 0 Å². The van der Waals surface area contributed by atoms with Crippen LogP contribution in [0.4, 0.5) is 0 Å². The first-order valence-corrected chi connectivity index (χ1v) is 7.38. The molecule has 0 radical (unpaired) electrons. The summed E-state index contributed by atoms with van der Waals surface area (Å²) in [6.07, 6.45) is 8.16. The van der Waals surface area contributed by atoms with Crippen LogP contribution >= 0.6 is 0 Å². The van der Waals surface area contributed by atoms with Gasteiger partial charge in [-0.2, -0.15) is 0 Å². The number of hydrogen-bond donors (Lipinski definition) is 3. The Kier molecular flexibility index (Phi) is 4.83. The van der Waals surface area contributed by atoms with Crippen molar-refractivity contribution in [2.75, 3.05) is 19.6 Å². The molecule has 1 aliphatic heterocycles. The molecule has 1 unspecified atom stereocenters. The zero-order chi connectivity index (χ0) is 12.1. The van der Waals surface area contributed by atoms with Gasteiger partial charge in [-0.3, -0.25) is 0 Å². The highest BCUT2D eigenvalue weighted by Gasteiger charge is 2.32. The normalized spacial score (nSPS) is 39.2. The molecule has 0 aromatic carbocycles. The van der Waals surface area contributed by atoms with E-state index < -0.39 is 5.60 Å². The quantitative estimate of drug-likeness (QED) is 0.700. The van der Waals surface area contributed by atoms with Gasteiger partial charge in [-0.1, -0.05) is 13.3 Å². The van der Waals surface area contributed by atoms with Gasteiger partial charge in [0.05, 0.1) is 5.60 Å². The largest absolute Gasteiger partial charge is 0.389 e. The molecule has 2 fully saturated rings. The van der Waals surface area contributed by atoms with Crippen molar-refractivity contribution in [1.29, 1.82) is 0 Å². The lowest BCUT2D eigenvalue weighted by molar-refractivity contribution is -0.0111. The maximum atomic E-state index is 10.5. The molecular weight excluding hydrogens is 212 g/mol. The predicted octanol–water partition coefficient (Wildman–Crippen LogP) is 1.66. The molecule has 2 rings (SSSR count). The Bertz CT molecular complexity index is 218. The van der Waals surface area contributed by atoms with Gasteiger partial charge < -0.3 is 15.7 Å². The summed E-state index contributed by atoms with van der Waals surface area (Å²) >= 11 is 0. The van der Waals surface area contributed by atoms with Gasteiger partial charge in [-0.25, -0.2) is 0 Å². The Morgan fingerprint density at radius 1 is 1.29 bits per heavy atom. The summed E-state index contributed by atoms with van der Waals surface area (Å²) in [5, 5.41) is 17.5. The van der Waals surface area contributed by atoms with E-state index >= 15 is 0 Å². The zero-order valence-corrected chi connectivity index (χ0v) is 11.2. The zero-order valence-electron chi connectivity index (χ0n) is 11.2. The SMILES string of the molecule is CCC1CCC(O)(CNC2CCCNC2)CC1. The van der Waals surface area contributed by atoms with Crippen LogP contribution in [-0.2, 0) is 0 Å². The summed E-state index contributed by atoms with van der Waals surface area (Å²) in [6.45, 7) is 5.27. The highest BCUT2D eigenvalue weighted by Crippen LogP contribution is 2.33. The molecule has 100 valence electrons. The van der Waals surface area contributed by atoms with Gasteiger partial charge in [0.2, 0.25) is 0 Å². The van der Waals surface area contributed by atoms with Gasteiger partial charge in [0.25, 0.3) is 0 Å². The second kappa shape index (κ2) is 6.17. The Morgan fingerprint density at radius 2 is 2.06 bits per heavy atom. The molecule has 1 saturated heterocycles. The molecule has 3 nitrogen and oxygen atoms in total. The fourth-order valence-corrected chi connectivity index (χ4v) is 3.16. The molecule has 0 aromatic heterocycles. The molecule has 1 saturated carbocycles. The fraction of sp³-hybridized carbons (Fsp3) is 1.00. The van der Waals surface area contributed by atoms with Crippen molar-refractivity contribution >= 4 is 0 Å². The van der Waals surface area contributed by atoms with E-state index in [9.17, 15) is 5.11 Å². The number of aliphatic hydroxyl groups is 1. The summed E-state index contributed by atoms with van der Waals surface area (Å²) in [7, 11) is 0. The van der Waals surface area contributed by atoms with Crippen molar-refractivity contribution in [2.45, 2.75) is 63.5 Å². The first-order chi connectivity index (χ1) is 8.22. The summed E-state index contributed by atoms with van der Waals surface area (Å²) in [4.78, 5) is 0. The number of piperidine rings is 1. The second-order valence-electron chi connectivity index (χ2n) is 6.00. The summed E-state index contributed by atoms with van der Waals surface area (Å²) in [5.41, 5.74) is -0.427. The van der Waals surface area contributed by atoms with Crippen LogP contribution in [0.5, 0.6) is 0 Å². The van der Waals surface area contributed by atoms with E-state index in [2.05, 4.69) is 17.6 Å². The first kappa shape index (κ1) is 13.3. The third-order valence-corrected chi connectivity index (χ3v) is 4.63. The van der Waals surface area contributed by atoms with E-state index in [0.29, 0.717) is 6.04 Å². The molecule has 2 aliphatic rings. The number of hydrogen-bond acceptors (Lipinski definition) is 3. The highest BCUT2D eigenvalue weighted by molar-refractivity contribution is 4.89. The first-order valence-electron chi connectivity index (χ1n) is 7.38. The van der Waals surface area contributed by atoms with Gasteiger partial charge in [0.1, 0.15) is 0 Å². The third kappa shape index (κ3) is 3.94. The molecule has 1 heterocycles. The topological polar surface area (TPSA) is 44.3 Å². The van der Waals surface area contributed by atoms with Crippen molar-refractivity contribution in [2.24, 2.45) is 5.92 Å². The summed E-state index contributed by atoms with van der Waals surface area (Å²) in [6, 6.07) is 0.566. The average molecular weight is 240 g/mol. The molecule has 0 amide bonds. The minimum Gasteiger partial charge on any atom is -0.389 e. The Balaban J connectivity index is 1.70. The molecule has 0 aromatic rings. The maximum Gasteiger partial charge on any atom is 0.0771 e. The lowest BCUT2D eigenvalue weighted by atomic mass is 9.77. The standard InChI is InChI=1S/C14H28N2O/c1-2-12-5-7-14(17,8-6-12)11-16-13-4-3-9-15-10-13/h12-13,15-17H,2-11H2,1H3. The van der Waals surface area contributed by atoms with Crippen LogP contribution < -0.4 is 10.6 Å². The van der Waals surface area contributed by atoms with Crippen LogP contribution in [0.1, 0.15) is 51.9 Å². The van der Waals surface area contributed by atoms with E-state index in [4.69, 9.17) is 0 Å². The smallest absolute Gasteiger partial charge is 0.0771 e. The molecule has 3 N–H and O–H groups in total. The molecule has 17 heavy (non-hydrogen) atoms. The van der Waals surface area contributed by atoms with Gasteiger partial charge in [0, 0.05) is 19.1 Å². The van der Waals surface area contributed by atoms with Gasteiger partial charge in [0.15, 0.2) is 0 Å². The molecule has 3 heteroatoms. The van der Waals surface area contributed by atoms with E-state index in [1.807, 2.05) is 0 Å². The molecular formula is C14H28N2O. The summed E-state index contributed by atoms with van der Waals surface area (Å²) < 4.78 is 0. The van der Waals surface area contributed by atoms with E-state index in [-0.39, 0.29) is 0 Å². The molecule has 1 atom stereocenters. The van der Waals surface area contributed by atoms with Crippen molar-refractivity contribution in [1.82, 2.24) is 10.6 Å². The number of rotatable bonds is 4.